The monoisotopic (exact) mass is 446 g/mol. The van der Waals surface area contributed by atoms with Crippen LogP contribution in [0.4, 0.5) is 0 Å². The number of hydrogen-bond donors (Lipinski definition) is 2. The number of nitrogens with zero attached hydrogens (tertiary/aromatic N) is 2. The number of benzene rings is 1. The molecule has 0 aliphatic heterocycles. The topological polar surface area (TPSA) is 48.9 Å². The second kappa shape index (κ2) is 11.5. The zero-order chi connectivity index (χ0) is 16.5. The first-order chi connectivity index (χ1) is 11.2. The van der Waals surface area contributed by atoms with E-state index in [-0.39, 0.29) is 24.0 Å². The van der Waals surface area contributed by atoms with Gasteiger partial charge in [0.25, 0.3) is 0 Å². The summed E-state index contributed by atoms with van der Waals surface area (Å²) in [4.78, 5) is 6.60. The molecule has 1 aliphatic rings. The van der Waals surface area contributed by atoms with Gasteiger partial charge in [0.1, 0.15) is 5.75 Å². The average Bonchev–Trinajstić information content (AvgIpc) is 3.38. The Labute approximate surface area is 163 Å². The largest absolute Gasteiger partial charge is 0.494 e. The van der Waals surface area contributed by atoms with Crippen molar-refractivity contribution in [2.75, 3.05) is 40.8 Å². The summed E-state index contributed by atoms with van der Waals surface area (Å²) in [5, 5.41) is 6.79. The average molecular weight is 446 g/mol. The van der Waals surface area contributed by atoms with Crippen LogP contribution in [0.15, 0.2) is 35.3 Å². The van der Waals surface area contributed by atoms with Crippen molar-refractivity contribution in [3.05, 3.63) is 30.3 Å². The summed E-state index contributed by atoms with van der Waals surface area (Å²) < 4.78 is 5.68. The van der Waals surface area contributed by atoms with Gasteiger partial charge in [-0.05, 0) is 51.4 Å². The molecule has 0 bridgehead atoms. The molecule has 1 saturated carbocycles. The first-order valence-corrected chi connectivity index (χ1v) is 8.49. The number of para-hydroxylation sites is 1. The van der Waals surface area contributed by atoms with Gasteiger partial charge in [-0.2, -0.15) is 0 Å². The van der Waals surface area contributed by atoms with E-state index in [0.29, 0.717) is 12.6 Å². The van der Waals surface area contributed by atoms with Crippen LogP contribution in [0.25, 0.3) is 0 Å². The lowest BCUT2D eigenvalue weighted by Gasteiger charge is -2.25. The van der Waals surface area contributed by atoms with Gasteiger partial charge in [-0.3, -0.25) is 4.99 Å². The quantitative estimate of drug-likeness (QED) is 0.265. The molecule has 1 aromatic rings. The van der Waals surface area contributed by atoms with Crippen molar-refractivity contribution in [3.63, 3.8) is 0 Å². The molecule has 0 saturated heterocycles. The van der Waals surface area contributed by atoms with E-state index in [1.807, 2.05) is 37.4 Å². The van der Waals surface area contributed by atoms with Crippen molar-refractivity contribution in [2.24, 2.45) is 10.9 Å². The van der Waals surface area contributed by atoms with Gasteiger partial charge < -0.3 is 20.3 Å². The number of hydrogen-bond acceptors (Lipinski definition) is 3. The highest BCUT2D eigenvalue weighted by molar-refractivity contribution is 14.0. The predicted molar refractivity (Wildman–Crippen MR) is 112 cm³/mol. The summed E-state index contributed by atoms with van der Waals surface area (Å²) in [7, 11) is 6.13. The molecule has 1 aliphatic carbocycles. The number of nitrogens with one attached hydrogen (secondary N) is 2. The maximum absolute atomic E-state index is 5.68. The highest BCUT2D eigenvalue weighted by atomic mass is 127. The summed E-state index contributed by atoms with van der Waals surface area (Å²) in [6, 6.07) is 10.5. The summed E-state index contributed by atoms with van der Waals surface area (Å²) in [5.41, 5.74) is 0. The minimum atomic E-state index is 0. The van der Waals surface area contributed by atoms with Crippen LogP contribution in [0.3, 0.4) is 0 Å². The molecule has 2 N–H and O–H groups in total. The Morgan fingerprint density at radius 2 is 1.96 bits per heavy atom. The number of ether oxygens (including phenoxy) is 1. The minimum absolute atomic E-state index is 0. The summed E-state index contributed by atoms with van der Waals surface area (Å²) in [6.07, 6.45) is 3.65. The van der Waals surface area contributed by atoms with Crippen LogP contribution in [0, 0.1) is 5.92 Å². The SMILES string of the molecule is CN=C(NCCCOc1ccccc1)NCC(C1CC1)N(C)C.I. The fraction of sp³-hybridized carbons (Fsp3) is 0.611. The predicted octanol–water partition coefficient (Wildman–Crippen LogP) is 2.58. The molecule has 0 aromatic heterocycles. The van der Waals surface area contributed by atoms with Crippen molar-refractivity contribution in [3.8, 4) is 5.75 Å². The Kier molecular flexibility index (Phi) is 10.1. The smallest absolute Gasteiger partial charge is 0.191 e. The van der Waals surface area contributed by atoms with Gasteiger partial charge in [-0.15, -0.1) is 24.0 Å². The molecule has 1 unspecified atom stereocenters. The number of rotatable bonds is 9. The van der Waals surface area contributed by atoms with Crippen LogP contribution in [0.5, 0.6) is 5.75 Å². The molecule has 1 atom stereocenters. The van der Waals surface area contributed by atoms with E-state index >= 15 is 0 Å². The number of guanidine groups is 1. The van der Waals surface area contributed by atoms with Gasteiger partial charge in [-0.25, -0.2) is 0 Å². The third kappa shape index (κ3) is 7.70. The molecular formula is C18H31IN4O. The van der Waals surface area contributed by atoms with Crippen molar-refractivity contribution in [2.45, 2.75) is 25.3 Å². The zero-order valence-corrected chi connectivity index (χ0v) is 17.3. The fourth-order valence-electron chi connectivity index (χ4n) is 2.66. The Morgan fingerprint density at radius 3 is 2.54 bits per heavy atom. The first-order valence-electron chi connectivity index (χ1n) is 8.49. The molecular weight excluding hydrogens is 415 g/mol. The van der Waals surface area contributed by atoms with E-state index in [0.717, 1.165) is 37.1 Å². The summed E-state index contributed by atoms with van der Waals surface area (Å²) in [6.45, 7) is 2.50. The molecule has 0 radical (unpaired) electrons. The normalized spacial score (nSPS) is 15.6. The second-order valence-electron chi connectivity index (χ2n) is 6.26. The number of halogens is 1. The Balaban J connectivity index is 0.00000288. The Morgan fingerprint density at radius 1 is 1.25 bits per heavy atom. The lowest BCUT2D eigenvalue weighted by molar-refractivity contribution is 0.264. The molecule has 0 heterocycles. The number of likely N-dealkylation sites (N-methyl/N-ethyl adjacent to an activating group) is 1. The van der Waals surface area contributed by atoms with Crippen molar-refractivity contribution >= 4 is 29.9 Å². The molecule has 0 spiro atoms. The van der Waals surface area contributed by atoms with Gasteiger partial charge >= 0.3 is 0 Å². The van der Waals surface area contributed by atoms with E-state index in [2.05, 4.69) is 34.6 Å². The Hall–Kier alpha value is -1.02. The zero-order valence-electron chi connectivity index (χ0n) is 15.0. The van der Waals surface area contributed by atoms with E-state index in [1.165, 1.54) is 12.8 Å². The summed E-state index contributed by atoms with van der Waals surface area (Å²) >= 11 is 0. The van der Waals surface area contributed by atoms with Gasteiger partial charge in [0, 0.05) is 26.2 Å². The maximum atomic E-state index is 5.68. The molecule has 136 valence electrons. The van der Waals surface area contributed by atoms with E-state index in [1.54, 1.807) is 0 Å². The summed E-state index contributed by atoms with van der Waals surface area (Å²) in [5.74, 6) is 2.64. The first kappa shape index (κ1) is 21.0. The van der Waals surface area contributed by atoms with E-state index in [4.69, 9.17) is 4.74 Å². The highest BCUT2D eigenvalue weighted by Crippen LogP contribution is 2.34. The Bertz CT molecular complexity index is 475. The van der Waals surface area contributed by atoms with Crippen LogP contribution in [-0.4, -0.2) is 57.7 Å². The van der Waals surface area contributed by atoms with Gasteiger partial charge in [0.2, 0.25) is 0 Å². The molecule has 5 nitrogen and oxygen atoms in total. The third-order valence-electron chi connectivity index (χ3n) is 4.16. The van der Waals surface area contributed by atoms with Gasteiger partial charge in [-0.1, -0.05) is 18.2 Å². The maximum Gasteiger partial charge on any atom is 0.191 e. The fourth-order valence-corrected chi connectivity index (χ4v) is 2.66. The van der Waals surface area contributed by atoms with Gasteiger partial charge in [0.05, 0.1) is 6.61 Å². The van der Waals surface area contributed by atoms with Crippen molar-refractivity contribution in [1.29, 1.82) is 0 Å². The molecule has 1 fully saturated rings. The van der Waals surface area contributed by atoms with Crippen LogP contribution < -0.4 is 15.4 Å². The van der Waals surface area contributed by atoms with Gasteiger partial charge in [0.15, 0.2) is 5.96 Å². The molecule has 2 rings (SSSR count). The standard InChI is InChI=1S/C18H30N4O.HI/c1-19-18(21-14-17(22(2)3)15-10-11-15)20-12-7-13-23-16-8-5-4-6-9-16;/h4-6,8-9,15,17H,7,10-14H2,1-3H3,(H2,19,20,21);1H. The molecule has 0 amide bonds. The molecule has 1 aromatic carbocycles. The second-order valence-corrected chi connectivity index (χ2v) is 6.26. The lowest BCUT2D eigenvalue weighted by Crippen LogP contribution is -2.46. The van der Waals surface area contributed by atoms with Crippen LogP contribution in [0.2, 0.25) is 0 Å². The third-order valence-corrected chi connectivity index (χ3v) is 4.16. The van der Waals surface area contributed by atoms with E-state index < -0.39 is 0 Å². The van der Waals surface area contributed by atoms with Crippen molar-refractivity contribution in [1.82, 2.24) is 15.5 Å². The van der Waals surface area contributed by atoms with Crippen LogP contribution in [-0.2, 0) is 0 Å². The number of aliphatic imine (C=N–C) groups is 1. The van der Waals surface area contributed by atoms with Crippen LogP contribution >= 0.6 is 24.0 Å². The van der Waals surface area contributed by atoms with Crippen molar-refractivity contribution < 1.29 is 4.74 Å². The van der Waals surface area contributed by atoms with E-state index in [9.17, 15) is 0 Å². The molecule has 24 heavy (non-hydrogen) atoms. The minimum Gasteiger partial charge on any atom is -0.494 e. The van der Waals surface area contributed by atoms with Crippen LogP contribution in [0.1, 0.15) is 19.3 Å². The molecule has 6 heteroatoms. The lowest BCUT2D eigenvalue weighted by atomic mass is 10.1. The highest BCUT2D eigenvalue weighted by Gasteiger charge is 2.32.